The van der Waals surface area contributed by atoms with E-state index in [4.69, 9.17) is 4.74 Å². The highest BCUT2D eigenvalue weighted by atomic mass is 32.2. The molecule has 7 nitrogen and oxygen atoms in total. The monoisotopic (exact) mass is 372 g/mol. The Bertz CT molecular complexity index is 825. The predicted octanol–water partition coefficient (Wildman–Crippen LogP) is 3.02. The van der Waals surface area contributed by atoms with E-state index >= 15 is 0 Å². The number of non-ortho nitro benzene ring substituents is 1. The van der Waals surface area contributed by atoms with E-state index in [-0.39, 0.29) is 22.5 Å². The SMILES string of the molecule is COC(=O)C1CSC(c2ccccc2)N1C(=O)c1ccc([N+](=O)[O-])cc1. The van der Waals surface area contributed by atoms with Crippen molar-refractivity contribution in [2.45, 2.75) is 11.4 Å². The predicted molar refractivity (Wildman–Crippen MR) is 96.7 cm³/mol. The summed E-state index contributed by atoms with van der Waals surface area (Å²) >= 11 is 1.48. The molecule has 0 aliphatic carbocycles. The summed E-state index contributed by atoms with van der Waals surface area (Å²) in [5.74, 6) is -0.425. The summed E-state index contributed by atoms with van der Waals surface area (Å²) in [5, 5.41) is 10.5. The molecule has 1 aliphatic rings. The summed E-state index contributed by atoms with van der Waals surface area (Å²) < 4.78 is 4.85. The van der Waals surface area contributed by atoms with Gasteiger partial charge in [-0.1, -0.05) is 30.3 Å². The van der Waals surface area contributed by atoms with Gasteiger partial charge in [0.15, 0.2) is 0 Å². The van der Waals surface area contributed by atoms with Crippen LogP contribution < -0.4 is 0 Å². The summed E-state index contributed by atoms with van der Waals surface area (Å²) in [6, 6.07) is 14.1. The van der Waals surface area contributed by atoms with Gasteiger partial charge in [-0.3, -0.25) is 14.9 Å². The number of thioether (sulfide) groups is 1. The second-order valence-corrected chi connectivity index (χ2v) is 6.76. The Morgan fingerprint density at radius 2 is 1.81 bits per heavy atom. The van der Waals surface area contributed by atoms with Gasteiger partial charge in [-0.15, -0.1) is 11.8 Å². The molecule has 2 aromatic rings. The summed E-state index contributed by atoms with van der Waals surface area (Å²) in [4.78, 5) is 37.0. The number of nitro benzene ring substituents is 1. The summed E-state index contributed by atoms with van der Waals surface area (Å²) in [5.41, 5.74) is 1.09. The summed E-state index contributed by atoms with van der Waals surface area (Å²) in [6.07, 6.45) is 0. The fraction of sp³-hybridized carbons (Fsp3) is 0.222. The van der Waals surface area contributed by atoms with E-state index in [1.54, 1.807) is 0 Å². The topological polar surface area (TPSA) is 89.8 Å². The minimum absolute atomic E-state index is 0.0959. The lowest BCUT2D eigenvalue weighted by atomic mass is 10.1. The molecule has 0 saturated carbocycles. The van der Waals surface area contributed by atoms with E-state index in [1.807, 2.05) is 30.3 Å². The van der Waals surface area contributed by atoms with Crippen LogP contribution >= 0.6 is 11.8 Å². The van der Waals surface area contributed by atoms with Gasteiger partial charge in [-0.25, -0.2) is 4.79 Å². The lowest BCUT2D eigenvalue weighted by Crippen LogP contribution is -2.43. The van der Waals surface area contributed by atoms with Gasteiger partial charge in [-0.05, 0) is 17.7 Å². The average Bonchev–Trinajstić information content (AvgIpc) is 3.12. The van der Waals surface area contributed by atoms with Crippen molar-refractivity contribution in [3.63, 3.8) is 0 Å². The molecule has 1 amide bonds. The molecule has 1 aliphatic heterocycles. The Balaban J connectivity index is 1.95. The van der Waals surface area contributed by atoms with Gasteiger partial charge in [0.1, 0.15) is 11.4 Å². The quantitative estimate of drug-likeness (QED) is 0.466. The van der Waals surface area contributed by atoms with E-state index in [0.29, 0.717) is 5.75 Å². The van der Waals surface area contributed by atoms with E-state index in [9.17, 15) is 19.7 Å². The highest BCUT2D eigenvalue weighted by Gasteiger charge is 2.43. The number of hydrogen-bond donors (Lipinski definition) is 0. The van der Waals surface area contributed by atoms with Crippen molar-refractivity contribution in [3.05, 3.63) is 75.8 Å². The molecule has 0 radical (unpaired) electrons. The Morgan fingerprint density at radius 1 is 1.15 bits per heavy atom. The molecule has 2 atom stereocenters. The molecule has 134 valence electrons. The lowest BCUT2D eigenvalue weighted by Gasteiger charge is -2.28. The number of rotatable bonds is 4. The minimum Gasteiger partial charge on any atom is -0.467 e. The first-order chi connectivity index (χ1) is 12.5. The minimum atomic E-state index is -0.710. The normalized spacial score (nSPS) is 19.2. The van der Waals surface area contributed by atoms with Crippen molar-refractivity contribution in [3.8, 4) is 0 Å². The van der Waals surface area contributed by atoms with Crippen LogP contribution in [0.2, 0.25) is 0 Å². The molecule has 2 aromatic carbocycles. The molecule has 3 rings (SSSR count). The zero-order valence-electron chi connectivity index (χ0n) is 13.9. The maximum atomic E-state index is 13.1. The Hall–Kier alpha value is -2.87. The second kappa shape index (κ2) is 7.57. The lowest BCUT2D eigenvalue weighted by molar-refractivity contribution is -0.384. The number of amides is 1. The van der Waals surface area contributed by atoms with Crippen molar-refractivity contribution < 1.29 is 19.2 Å². The number of nitrogens with zero attached hydrogens (tertiary/aromatic N) is 2. The number of methoxy groups -OCH3 is 1. The first-order valence-electron chi connectivity index (χ1n) is 7.84. The van der Waals surface area contributed by atoms with Gasteiger partial charge in [0.2, 0.25) is 0 Å². The van der Waals surface area contributed by atoms with E-state index in [0.717, 1.165) is 5.56 Å². The highest BCUT2D eigenvalue weighted by Crippen LogP contribution is 2.42. The van der Waals surface area contributed by atoms with E-state index in [2.05, 4.69) is 0 Å². The van der Waals surface area contributed by atoms with Crippen molar-refractivity contribution in [2.24, 2.45) is 0 Å². The fourth-order valence-corrected chi connectivity index (χ4v) is 4.24. The third-order valence-corrected chi connectivity index (χ3v) is 5.44. The fourth-order valence-electron chi connectivity index (χ4n) is 2.82. The maximum Gasteiger partial charge on any atom is 0.329 e. The molecular weight excluding hydrogens is 356 g/mol. The largest absolute Gasteiger partial charge is 0.467 e. The van der Waals surface area contributed by atoms with Crippen LogP contribution in [0.4, 0.5) is 5.69 Å². The first-order valence-corrected chi connectivity index (χ1v) is 8.89. The smallest absolute Gasteiger partial charge is 0.329 e. The van der Waals surface area contributed by atoms with Crippen LogP contribution in [0.15, 0.2) is 54.6 Å². The van der Waals surface area contributed by atoms with Crippen LogP contribution in [0.5, 0.6) is 0 Å². The molecule has 1 fully saturated rings. The van der Waals surface area contributed by atoms with Crippen LogP contribution in [0, 0.1) is 10.1 Å². The number of esters is 1. The number of ether oxygens (including phenoxy) is 1. The standard InChI is InChI=1S/C18H16N2O5S/c1-25-18(22)15-11-26-17(13-5-3-2-4-6-13)19(15)16(21)12-7-9-14(10-8-12)20(23)24/h2-10,15,17H,11H2,1H3. The number of hydrogen-bond acceptors (Lipinski definition) is 6. The van der Waals surface area contributed by atoms with E-state index < -0.39 is 16.9 Å². The molecule has 8 heteroatoms. The number of carbonyl (C=O) groups is 2. The molecule has 0 bridgehead atoms. The number of nitro groups is 1. The van der Waals surface area contributed by atoms with Crippen LogP contribution in [0.3, 0.4) is 0 Å². The van der Waals surface area contributed by atoms with Gasteiger partial charge in [0.25, 0.3) is 11.6 Å². The number of carbonyl (C=O) groups excluding carboxylic acids is 2. The van der Waals surface area contributed by atoms with E-state index in [1.165, 1.54) is 48.0 Å². The van der Waals surface area contributed by atoms with Gasteiger partial charge in [0, 0.05) is 23.4 Å². The van der Waals surface area contributed by atoms with Gasteiger partial charge < -0.3 is 9.64 Å². The molecule has 0 aromatic heterocycles. The maximum absolute atomic E-state index is 13.1. The summed E-state index contributed by atoms with van der Waals surface area (Å²) in [7, 11) is 1.29. The molecule has 1 saturated heterocycles. The van der Waals surface area contributed by atoms with Gasteiger partial charge in [0.05, 0.1) is 12.0 Å². The summed E-state index contributed by atoms with van der Waals surface area (Å²) in [6.45, 7) is 0. The van der Waals surface area contributed by atoms with Crippen molar-refractivity contribution in [2.75, 3.05) is 12.9 Å². The van der Waals surface area contributed by atoms with Crippen molar-refractivity contribution in [1.29, 1.82) is 0 Å². The molecule has 1 heterocycles. The third kappa shape index (κ3) is 3.41. The van der Waals surface area contributed by atoms with Crippen molar-refractivity contribution in [1.82, 2.24) is 4.90 Å². The highest BCUT2D eigenvalue weighted by molar-refractivity contribution is 7.99. The van der Waals surface area contributed by atoms with Gasteiger partial charge in [-0.2, -0.15) is 0 Å². The average molecular weight is 372 g/mol. The van der Waals surface area contributed by atoms with Crippen LogP contribution in [0.1, 0.15) is 21.3 Å². The second-order valence-electron chi connectivity index (χ2n) is 5.65. The van der Waals surface area contributed by atoms with Crippen LogP contribution in [0.25, 0.3) is 0 Å². The molecule has 26 heavy (non-hydrogen) atoms. The van der Waals surface area contributed by atoms with Crippen LogP contribution in [-0.2, 0) is 9.53 Å². The zero-order chi connectivity index (χ0) is 18.7. The zero-order valence-corrected chi connectivity index (χ0v) is 14.7. The Labute approximate surface area is 154 Å². The molecule has 0 N–H and O–H groups in total. The van der Waals surface area contributed by atoms with Gasteiger partial charge >= 0.3 is 5.97 Å². The first kappa shape index (κ1) is 17.9. The Kier molecular flexibility index (Phi) is 5.22. The van der Waals surface area contributed by atoms with Crippen LogP contribution in [-0.4, -0.2) is 40.6 Å². The third-order valence-electron chi connectivity index (χ3n) is 4.12. The number of benzene rings is 2. The molecule has 2 unspecified atom stereocenters. The Morgan fingerprint density at radius 3 is 2.38 bits per heavy atom. The molecule has 0 spiro atoms. The molecular formula is C18H16N2O5S. The van der Waals surface area contributed by atoms with Crippen molar-refractivity contribution >= 4 is 29.3 Å².